The largest absolute Gasteiger partial charge is 0.390 e. The Morgan fingerprint density at radius 1 is 1.50 bits per heavy atom. The minimum absolute atomic E-state index is 0.116. The van der Waals surface area contributed by atoms with Crippen molar-refractivity contribution >= 4 is 9.84 Å². The van der Waals surface area contributed by atoms with Crippen molar-refractivity contribution in [3.8, 4) is 0 Å². The van der Waals surface area contributed by atoms with Gasteiger partial charge in [0.25, 0.3) is 0 Å². The lowest BCUT2D eigenvalue weighted by Crippen LogP contribution is -2.45. The van der Waals surface area contributed by atoms with Crippen LogP contribution in [0.2, 0.25) is 0 Å². The van der Waals surface area contributed by atoms with Crippen LogP contribution in [-0.4, -0.2) is 37.2 Å². The van der Waals surface area contributed by atoms with E-state index in [1.807, 2.05) is 0 Å². The second kappa shape index (κ2) is 2.48. The summed E-state index contributed by atoms with van der Waals surface area (Å²) in [5, 5.41) is 9.01. The van der Waals surface area contributed by atoms with Crippen molar-refractivity contribution in [2.75, 3.05) is 11.5 Å². The van der Waals surface area contributed by atoms with E-state index in [9.17, 15) is 8.42 Å². The monoisotopic (exact) mass is 165 g/mol. The van der Waals surface area contributed by atoms with E-state index in [0.717, 1.165) is 0 Å². The molecule has 0 aliphatic carbocycles. The Bertz CT molecular complexity index is 211. The molecule has 0 saturated carbocycles. The molecule has 0 spiro atoms. The van der Waals surface area contributed by atoms with Crippen molar-refractivity contribution in [3.05, 3.63) is 0 Å². The lowest BCUT2D eigenvalue weighted by Gasteiger charge is -2.23. The van der Waals surface area contributed by atoms with Crippen LogP contribution in [0.1, 0.15) is 6.42 Å². The molecule has 10 heavy (non-hydrogen) atoms. The van der Waals surface area contributed by atoms with Crippen LogP contribution in [0.25, 0.3) is 0 Å². The minimum Gasteiger partial charge on any atom is -0.390 e. The van der Waals surface area contributed by atoms with E-state index in [2.05, 4.69) is 0 Å². The Labute approximate surface area is 60.0 Å². The number of rotatable bonds is 0. The molecule has 1 aliphatic heterocycles. The molecule has 0 unspecified atom stereocenters. The summed E-state index contributed by atoms with van der Waals surface area (Å²) < 4.78 is 21.6. The molecule has 0 aromatic heterocycles. The van der Waals surface area contributed by atoms with Crippen LogP contribution in [-0.2, 0) is 9.84 Å². The summed E-state index contributed by atoms with van der Waals surface area (Å²) >= 11 is 0. The Morgan fingerprint density at radius 3 is 2.50 bits per heavy atom. The number of hydrogen-bond acceptors (Lipinski definition) is 4. The predicted molar refractivity (Wildman–Crippen MR) is 37.3 cm³/mol. The molecule has 0 amide bonds. The quantitative estimate of drug-likeness (QED) is 0.457. The molecular formula is C5H11NO3S. The molecule has 1 fully saturated rings. The number of nitrogens with two attached hydrogens (primary N) is 1. The van der Waals surface area contributed by atoms with Gasteiger partial charge >= 0.3 is 0 Å². The molecule has 0 radical (unpaired) electrons. The molecule has 3 N–H and O–H groups in total. The maximum Gasteiger partial charge on any atom is 0.152 e. The zero-order chi connectivity index (χ0) is 7.78. The summed E-state index contributed by atoms with van der Waals surface area (Å²) in [5.74, 6) is -0.0562. The molecule has 1 aliphatic rings. The second-order valence-electron chi connectivity index (χ2n) is 2.63. The zero-order valence-corrected chi connectivity index (χ0v) is 6.34. The van der Waals surface area contributed by atoms with Gasteiger partial charge in [0.05, 0.1) is 17.6 Å². The highest BCUT2D eigenvalue weighted by Crippen LogP contribution is 2.10. The molecular weight excluding hydrogens is 154 g/mol. The Kier molecular flexibility index (Phi) is 1.98. The van der Waals surface area contributed by atoms with E-state index in [-0.39, 0.29) is 17.5 Å². The van der Waals surface area contributed by atoms with E-state index in [1.54, 1.807) is 0 Å². The van der Waals surface area contributed by atoms with Crippen molar-refractivity contribution in [2.24, 2.45) is 5.73 Å². The average molecular weight is 165 g/mol. The van der Waals surface area contributed by atoms with Crippen LogP contribution in [0.4, 0.5) is 0 Å². The van der Waals surface area contributed by atoms with E-state index in [0.29, 0.717) is 6.42 Å². The highest BCUT2D eigenvalue weighted by atomic mass is 32.2. The number of sulfone groups is 1. The molecule has 5 heteroatoms. The third kappa shape index (κ3) is 1.68. The van der Waals surface area contributed by atoms with Gasteiger partial charge in [-0.2, -0.15) is 0 Å². The Balaban J connectivity index is 2.66. The highest BCUT2D eigenvalue weighted by Gasteiger charge is 2.28. The smallest absolute Gasteiger partial charge is 0.152 e. The molecule has 4 nitrogen and oxygen atoms in total. The van der Waals surface area contributed by atoms with Gasteiger partial charge in [0.1, 0.15) is 0 Å². The van der Waals surface area contributed by atoms with Gasteiger partial charge in [-0.05, 0) is 6.42 Å². The van der Waals surface area contributed by atoms with Crippen molar-refractivity contribution in [2.45, 2.75) is 18.6 Å². The van der Waals surface area contributed by atoms with Crippen LogP contribution >= 0.6 is 0 Å². The van der Waals surface area contributed by atoms with Crippen LogP contribution in [0, 0.1) is 0 Å². The maximum absolute atomic E-state index is 10.8. The molecule has 1 heterocycles. The predicted octanol–water partition coefficient (Wildman–Crippen LogP) is -1.51. The van der Waals surface area contributed by atoms with Gasteiger partial charge < -0.3 is 10.8 Å². The van der Waals surface area contributed by atoms with Crippen molar-refractivity contribution in [1.82, 2.24) is 0 Å². The fourth-order valence-electron chi connectivity index (χ4n) is 0.975. The third-order valence-corrected chi connectivity index (χ3v) is 3.39. The average Bonchev–Trinajstić information content (AvgIpc) is 1.79. The summed E-state index contributed by atoms with van der Waals surface area (Å²) in [6, 6.07) is -0.358. The van der Waals surface area contributed by atoms with E-state index < -0.39 is 15.9 Å². The Hall–Kier alpha value is -0.130. The summed E-state index contributed by atoms with van der Waals surface area (Å²) in [4.78, 5) is 0. The lowest BCUT2D eigenvalue weighted by atomic mass is 10.1. The van der Waals surface area contributed by atoms with E-state index in [4.69, 9.17) is 10.8 Å². The molecule has 1 rings (SSSR count). The van der Waals surface area contributed by atoms with Crippen molar-refractivity contribution in [3.63, 3.8) is 0 Å². The van der Waals surface area contributed by atoms with Crippen LogP contribution in [0.5, 0.6) is 0 Å². The van der Waals surface area contributed by atoms with Gasteiger partial charge in [0.15, 0.2) is 9.84 Å². The number of aliphatic hydroxyl groups excluding tert-OH is 1. The van der Waals surface area contributed by atoms with E-state index >= 15 is 0 Å². The molecule has 60 valence electrons. The minimum atomic E-state index is -2.99. The second-order valence-corrected chi connectivity index (χ2v) is 4.86. The van der Waals surface area contributed by atoms with Crippen molar-refractivity contribution in [1.29, 1.82) is 0 Å². The van der Waals surface area contributed by atoms with Gasteiger partial charge in [0, 0.05) is 6.04 Å². The maximum atomic E-state index is 10.8. The first-order valence-electron chi connectivity index (χ1n) is 3.15. The fourth-order valence-corrected chi connectivity index (χ4v) is 2.54. The molecule has 1 saturated heterocycles. The van der Waals surface area contributed by atoms with E-state index in [1.165, 1.54) is 0 Å². The first-order valence-corrected chi connectivity index (χ1v) is 4.97. The van der Waals surface area contributed by atoms with Gasteiger partial charge in [-0.1, -0.05) is 0 Å². The first-order chi connectivity index (χ1) is 4.51. The van der Waals surface area contributed by atoms with Gasteiger partial charge in [0.2, 0.25) is 0 Å². The summed E-state index contributed by atoms with van der Waals surface area (Å²) in [6.45, 7) is 0. The standard InChI is InChI=1S/C5H11NO3S/c6-4-1-2-10(8,9)3-5(4)7/h4-5,7H,1-3,6H2/t4-,5+/m0/s1. The van der Waals surface area contributed by atoms with Crippen molar-refractivity contribution < 1.29 is 13.5 Å². The summed E-state index contributed by atoms with van der Waals surface area (Å²) in [5.41, 5.74) is 5.38. The van der Waals surface area contributed by atoms with Crippen LogP contribution in [0.3, 0.4) is 0 Å². The van der Waals surface area contributed by atoms with Gasteiger partial charge in [-0.25, -0.2) is 8.42 Å². The molecule has 0 bridgehead atoms. The normalized spacial score (nSPS) is 39.4. The highest BCUT2D eigenvalue weighted by molar-refractivity contribution is 7.91. The lowest BCUT2D eigenvalue weighted by molar-refractivity contribution is 0.159. The van der Waals surface area contributed by atoms with Gasteiger partial charge in [-0.15, -0.1) is 0 Å². The van der Waals surface area contributed by atoms with Crippen LogP contribution in [0.15, 0.2) is 0 Å². The number of aliphatic hydroxyl groups is 1. The van der Waals surface area contributed by atoms with Crippen LogP contribution < -0.4 is 5.73 Å². The molecule has 2 atom stereocenters. The Morgan fingerprint density at radius 2 is 2.10 bits per heavy atom. The summed E-state index contributed by atoms with van der Waals surface area (Å²) in [6.07, 6.45) is -0.484. The topological polar surface area (TPSA) is 80.4 Å². The molecule has 0 aromatic carbocycles. The fraction of sp³-hybridized carbons (Fsp3) is 1.00. The first kappa shape index (κ1) is 7.97. The SMILES string of the molecule is N[C@H]1CCS(=O)(=O)C[C@H]1O. The zero-order valence-electron chi connectivity index (χ0n) is 5.53. The number of hydrogen-bond donors (Lipinski definition) is 2. The van der Waals surface area contributed by atoms with Gasteiger partial charge in [-0.3, -0.25) is 0 Å². The third-order valence-electron chi connectivity index (χ3n) is 1.68. The molecule has 0 aromatic rings. The summed E-state index contributed by atoms with van der Waals surface area (Å²) in [7, 11) is -2.99.